The minimum Gasteiger partial charge on any atom is -0.397 e. The molecule has 0 atom stereocenters. The van der Waals surface area contributed by atoms with Crippen molar-refractivity contribution in [3.05, 3.63) is 93.9 Å². The normalized spacial score (nSPS) is 11.3. The molecular weight excluding hydrogens is 516 g/mol. The van der Waals surface area contributed by atoms with Crippen LogP contribution in [0.2, 0.25) is 0 Å². The molecule has 0 radical (unpaired) electrons. The van der Waals surface area contributed by atoms with Crippen molar-refractivity contribution in [2.75, 3.05) is 41.5 Å². The number of likely N-dealkylation sites (N-methyl/N-ethyl adjacent to an activating group) is 1. The number of nitrogens with zero attached hydrogens (tertiary/aromatic N) is 3. The minimum atomic E-state index is -0.297. The Kier molecular flexibility index (Phi) is 8.49. The number of aromatic nitrogens is 2. The van der Waals surface area contributed by atoms with Gasteiger partial charge in [-0.2, -0.15) is 0 Å². The number of amides is 1. The molecule has 0 fully saturated rings. The first-order valence-electron chi connectivity index (χ1n) is 13.5. The third-order valence-electron chi connectivity index (χ3n) is 7.08. The topological polar surface area (TPSA) is 126 Å². The lowest BCUT2D eigenvalue weighted by Crippen LogP contribution is -2.23. The van der Waals surface area contributed by atoms with E-state index in [1.807, 2.05) is 73.5 Å². The van der Waals surface area contributed by atoms with E-state index in [0.29, 0.717) is 34.9 Å². The molecule has 214 valence electrons. The van der Waals surface area contributed by atoms with Crippen molar-refractivity contribution in [2.24, 2.45) is 7.05 Å². The lowest BCUT2D eigenvalue weighted by atomic mass is 9.86. The summed E-state index contributed by atoms with van der Waals surface area (Å²) in [5.74, 6) is -0.0548. The number of aliphatic hydroxyl groups is 1. The summed E-state index contributed by atoms with van der Waals surface area (Å²) in [5.41, 5.74) is 12.4. The third kappa shape index (κ3) is 6.58. The van der Waals surface area contributed by atoms with E-state index >= 15 is 0 Å². The van der Waals surface area contributed by atoms with Crippen LogP contribution < -0.4 is 26.8 Å². The van der Waals surface area contributed by atoms with Gasteiger partial charge in [0.1, 0.15) is 0 Å². The largest absolute Gasteiger partial charge is 0.397 e. The Balaban J connectivity index is 1.61. The summed E-state index contributed by atoms with van der Waals surface area (Å²) in [7, 11) is 3.51. The van der Waals surface area contributed by atoms with Crippen molar-refractivity contribution in [1.29, 1.82) is 0 Å². The fourth-order valence-electron chi connectivity index (χ4n) is 4.57. The number of anilines is 5. The van der Waals surface area contributed by atoms with Crippen LogP contribution in [0, 0.1) is 6.92 Å². The maximum atomic E-state index is 13.1. The van der Waals surface area contributed by atoms with E-state index in [0.717, 1.165) is 22.4 Å². The molecule has 4 rings (SSSR count). The molecule has 1 aromatic heterocycles. The third-order valence-corrected chi connectivity index (χ3v) is 7.08. The van der Waals surface area contributed by atoms with Gasteiger partial charge in [-0.3, -0.25) is 9.59 Å². The molecule has 9 heteroatoms. The first-order chi connectivity index (χ1) is 19.4. The van der Waals surface area contributed by atoms with Crippen LogP contribution in [0.25, 0.3) is 11.3 Å². The Bertz CT molecular complexity index is 1620. The number of hydrogen-bond acceptors (Lipinski definition) is 7. The van der Waals surface area contributed by atoms with Gasteiger partial charge in [0.25, 0.3) is 11.5 Å². The average Bonchev–Trinajstić information content (AvgIpc) is 2.92. The van der Waals surface area contributed by atoms with Gasteiger partial charge in [-0.1, -0.05) is 45.0 Å². The van der Waals surface area contributed by atoms with Crippen LogP contribution in [0.3, 0.4) is 0 Å². The Morgan fingerprint density at radius 3 is 2.44 bits per heavy atom. The predicted octanol–water partition coefficient (Wildman–Crippen LogP) is 5.06. The molecule has 0 aliphatic heterocycles. The molecule has 0 spiro atoms. The Morgan fingerprint density at radius 2 is 1.80 bits per heavy atom. The van der Waals surface area contributed by atoms with Crippen LogP contribution in [0.5, 0.6) is 0 Å². The zero-order valence-corrected chi connectivity index (χ0v) is 24.4. The van der Waals surface area contributed by atoms with Gasteiger partial charge in [-0.25, -0.2) is 4.98 Å². The number of carbonyl (C=O) groups excluding carboxylic acids is 1. The summed E-state index contributed by atoms with van der Waals surface area (Å²) in [5, 5.41) is 15.3. The number of nitrogens with one attached hydrogen (secondary N) is 2. The molecule has 0 bridgehead atoms. The summed E-state index contributed by atoms with van der Waals surface area (Å²) in [6, 6.07) is 18.6. The molecule has 0 aliphatic rings. The number of hydrogen-bond donors (Lipinski definition) is 4. The van der Waals surface area contributed by atoms with E-state index in [-0.39, 0.29) is 29.3 Å². The fourth-order valence-corrected chi connectivity index (χ4v) is 4.57. The highest BCUT2D eigenvalue weighted by molar-refractivity contribution is 6.05. The van der Waals surface area contributed by atoms with E-state index in [1.165, 1.54) is 4.57 Å². The lowest BCUT2D eigenvalue weighted by molar-refractivity contribution is 0.102. The first-order valence-corrected chi connectivity index (χ1v) is 13.5. The molecule has 1 amide bonds. The number of aryl methyl sites for hydroxylation is 1. The van der Waals surface area contributed by atoms with E-state index in [9.17, 15) is 14.7 Å². The Hall–Kier alpha value is -4.63. The van der Waals surface area contributed by atoms with E-state index in [4.69, 9.17) is 5.73 Å². The van der Waals surface area contributed by atoms with Crippen molar-refractivity contribution in [1.82, 2.24) is 9.55 Å². The van der Waals surface area contributed by atoms with Gasteiger partial charge >= 0.3 is 0 Å². The van der Waals surface area contributed by atoms with Gasteiger partial charge in [0.15, 0.2) is 5.82 Å². The summed E-state index contributed by atoms with van der Waals surface area (Å²) in [6.07, 6.45) is 1.67. The molecule has 9 nitrogen and oxygen atoms in total. The van der Waals surface area contributed by atoms with Gasteiger partial charge in [0.05, 0.1) is 23.7 Å². The highest BCUT2D eigenvalue weighted by atomic mass is 16.3. The van der Waals surface area contributed by atoms with E-state index < -0.39 is 0 Å². The molecule has 0 aliphatic carbocycles. The number of rotatable bonds is 8. The van der Waals surface area contributed by atoms with Gasteiger partial charge in [0.2, 0.25) is 0 Å². The van der Waals surface area contributed by atoms with Gasteiger partial charge in [0, 0.05) is 49.3 Å². The van der Waals surface area contributed by atoms with Crippen LogP contribution in [-0.4, -0.2) is 40.8 Å². The SMILES string of the molecule is Cc1c(NC(=O)c2ccc(C(C)(C)C)cc2)cccc1-c1cn(C)c(=O)c(Nc2ccc(N(C)CCO)c(N)c2)n1. The second kappa shape index (κ2) is 11.9. The number of benzene rings is 3. The molecule has 3 aromatic carbocycles. The number of aliphatic hydroxyl groups excluding tert-OH is 1. The second-order valence-electron chi connectivity index (χ2n) is 11.2. The summed E-state index contributed by atoms with van der Waals surface area (Å²) < 4.78 is 1.47. The zero-order valence-electron chi connectivity index (χ0n) is 24.4. The summed E-state index contributed by atoms with van der Waals surface area (Å²) in [6.45, 7) is 8.78. The predicted molar refractivity (Wildman–Crippen MR) is 167 cm³/mol. The van der Waals surface area contributed by atoms with Gasteiger partial charge < -0.3 is 30.9 Å². The monoisotopic (exact) mass is 554 g/mol. The van der Waals surface area contributed by atoms with E-state index in [2.05, 4.69) is 36.4 Å². The van der Waals surface area contributed by atoms with Crippen molar-refractivity contribution < 1.29 is 9.90 Å². The summed E-state index contributed by atoms with van der Waals surface area (Å²) >= 11 is 0. The smallest absolute Gasteiger partial charge is 0.293 e. The van der Waals surface area contributed by atoms with Crippen molar-refractivity contribution in [2.45, 2.75) is 33.1 Å². The maximum absolute atomic E-state index is 13.1. The number of nitrogen functional groups attached to an aromatic ring is 1. The molecular formula is C32H38N6O3. The number of carbonyl (C=O) groups is 1. The van der Waals surface area contributed by atoms with Crippen LogP contribution in [0.1, 0.15) is 42.3 Å². The average molecular weight is 555 g/mol. The van der Waals surface area contributed by atoms with Gasteiger partial charge in [-0.05, 0) is 59.9 Å². The summed E-state index contributed by atoms with van der Waals surface area (Å²) in [4.78, 5) is 32.5. The molecule has 0 saturated carbocycles. The quantitative estimate of drug-likeness (QED) is 0.224. The minimum absolute atomic E-state index is 0.00347. The Labute approximate surface area is 240 Å². The highest BCUT2D eigenvalue weighted by Crippen LogP contribution is 2.30. The molecule has 0 unspecified atom stereocenters. The van der Waals surface area contributed by atoms with Gasteiger partial charge in [-0.15, -0.1) is 0 Å². The molecule has 5 N–H and O–H groups in total. The first kappa shape index (κ1) is 29.4. The van der Waals surface area contributed by atoms with Crippen LogP contribution >= 0.6 is 0 Å². The standard InChI is InChI=1S/C32H38N6O3/c1-20-24(8-7-9-26(20)36-30(40)21-10-12-22(13-11-21)32(2,3)4)27-19-38(6)31(41)29(35-27)34-23-14-15-28(25(33)18-23)37(5)16-17-39/h7-15,18-19,39H,16-17,33H2,1-6H3,(H,34,35)(H,36,40). The molecule has 1 heterocycles. The van der Waals surface area contributed by atoms with E-state index in [1.54, 1.807) is 19.3 Å². The molecule has 41 heavy (non-hydrogen) atoms. The lowest BCUT2D eigenvalue weighted by Gasteiger charge is -2.20. The maximum Gasteiger partial charge on any atom is 0.293 e. The van der Waals surface area contributed by atoms with Crippen LogP contribution in [-0.2, 0) is 12.5 Å². The highest BCUT2D eigenvalue weighted by Gasteiger charge is 2.17. The van der Waals surface area contributed by atoms with Crippen LogP contribution in [0.15, 0.2) is 71.7 Å². The van der Waals surface area contributed by atoms with Crippen LogP contribution in [0.4, 0.5) is 28.6 Å². The fraction of sp³-hybridized carbons (Fsp3) is 0.281. The molecule has 0 saturated heterocycles. The van der Waals surface area contributed by atoms with Crippen molar-refractivity contribution >= 4 is 34.5 Å². The molecule has 4 aromatic rings. The van der Waals surface area contributed by atoms with Crippen molar-refractivity contribution in [3.63, 3.8) is 0 Å². The second-order valence-corrected chi connectivity index (χ2v) is 11.2. The zero-order chi connectivity index (χ0) is 29.9. The van der Waals surface area contributed by atoms with Crippen molar-refractivity contribution in [3.8, 4) is 11.3 Å². The Morgan fingerprint density at radius 1 is 1.10 bits per heavy atom. The number of nitrogens with two attached hydrogens (primary N) is 1.